The number of nitrogens with zero attached hydrogens (tertiary/aromatic N) is 1. The fourth-order valence-corrected chi connectivity index (χ4v) is 1.08. The molecule has 0 aromatic heterocycles. The lowest BCUT2D eigenvalue weighted by molar-refractivity contribution is -0.122. The lowest BCUT2D eigenvalue weighted by atomic mass is 10.2. The van der Waals surface area contributed by atoms with Crippen molar-refractivity contribution in [1.29, 1.82) is 0 Å². The number of likely N-dealkylation sites (N-methyl/N-ethyl adjacent to an activating group) is 1. The minimum atomic E-state index is -0.361. The van der Waals surface area contributed by atoms with Crippen LogP contribution in [0.2, 0.25) is 0 Å². The Kier molecular flexibility index (Phi) is 2.12. The molecule has 0 aromatic carbocycles. The summed E-state index contributed by atoms with van der Waals surface area (Å²) < 4.78 is 5.19. The van der Waals surface area contributed by atoms with E-state index in [0.717, 1.165) is 0 Å². The monoisotopic (exact) mass is 156 g/mol. The van der Waals surface area contributed by atoms with Crippen molar-refractivity contribution < 1.29 is 9.53 Å². The van der Waals surface area contributed by atoms with Crippen LogP contribution in [0.4, 0.5) is 0 Å². The average Bonchev–Trinajstić information content (AvgIpc) is 2.28. The third kappa shape index (κ3) is 1.50. The van der Waals surface area contributed by atoms with Crippen LogP contribution in [0, 0.1) is 0 Å². The first-order chi connectivity index (χ1) is 5.15. The van der Waals surface area contributed by atoms with Gasteiger partial charge in [0.15, 0.2) is 11.9 Å². The van der Waals surface area contributed by atoms with Crippen molar-refractivity contribution in [1.82, 2.24) is 5.32 Å². The SMILES string of the molecule is CNC(=O)C1N=C(C)OC1C. The molecular formula is C7H12N2O2. The van der Waals surface area contributed by atoms with E-state index in [1.807, 2.05) is 6.92 Å². The molecule has 11 heavy (non-hydrogen) atoms. The molecule has 2 atom stereocenters. The molecule has 0 saturated heterocycles. The van der Waals surface area contributed by atoms with Crippen molar-refractivity contribution in [3.05, 3.63) is 0 Å². The van der Waals surface area contributed by atoms with E-state index >= 15 is 0 Å². The summed E-state index contributed by atoms with van der Waals surface area (Å²) >= 11 is 0. The van der Waals surface area contributed by atoms with Gasteiger partial charge in [-0.05, 0) is 6.92 Å². The maximum Gasteiger partial charge on any atom is 0.248 e. The van der Waals surface area contributed by atoms with Gasteiger partial charge in [0.05, 0.1) is 0 Å². The Hall–Kier alpha value is -1.06. The Morgan fingerprint density at radius 2 is 2.36 bits per heavy atom. The summed E-state index contributed by atoms with van der Waals surface area (Å²) in [5.74, 6) is 0.500. The van der Waals surface area contributed by atoms with Crippen LogP contribution in [0.3, 0.4) is 0 Å². The second-order valence-corrected chi connectivity index (χ2v) is 2.53. The van der Waals surface area contributed by atoms with Crippen LogP contribution in [0.5, 0.6) is 0 Å². The molecular weight excluding hydrogens is 144 g/mol. The Labute approximate surface area is 65.6 Å². The summed E-state index contributed by atoms with van der Waals surface area (Å²) in [6.07, 6.45) is -0.130. The fourth-order valence-electron chi connectivity index (χ4n) is 1.08. The molecule has 1 aliphatic rings. The zero-order chi connectivity index (χ0) is 8.43. The van der Waals surface area contributed by atoms with Crippen LogP contribution >= 0.6 is 0 Å². The third-order valence-electron chi connectivity index (χ3n) is 1.64. The van der Waals surface area contributed by atoms with E-state index in [0.29, 0.717) is 5.90 Å². The molecule has 1 N–H and O–H groups in total. The van der Waals surface area contributed by atoms with Gasteiger partial charge in [0.1, 0.15) is 6.10 Å². The smallest absolute Gasteiger partial charge is 0.248 e. The Morgan fingerprint density at radius 1 is 1.73 bits per heavy atom. The topological polar surface area (TPSA) is 50.7 Å². The largest absolute Gasteiger partial charge is 0.475 e. The van der Waals surface area contributed by atoms with Crippen LogP contribution in [0.25, 0.3) is 0 Å². The highest BCUT2D eigenvalue weighted by Crippen LogP contribution is 2.12. The second-order valence-electron chi connectivity index (χ2n) is 2.53. The van der Waals surface area contributed by atoms with Gasteiger partial charge in [-0.2, -0.15) is 0 Å². The maximum absolute atomic E-state index is 11.1. The number of carbonyl (C=O) groups excluding carboxylic acids is 1. The normalized spacial score (nSPS) is 29.2. The predicted octanol–water partition coefficient (Wildman–Crippen LogP) is -0.0619. The zero-order valence-corrected chi connectivity index (χ0v) is 6.92. The lowest BCUT2D eigenvalue weighted by Gasteiger charge is -2.09. The van der Waals surface area contributed by atoms with E-state index in [4.69, 9.17) is 4.74 Å². The van der Waals surface area contributed by atoms with E-state index in [1.54, 1.807) is 14.0 Å². The average molecular weight is 156 g/mol. The highest BCUT2D eigenvalue weighted by Gasteiger charge is 2.30. The van der Waals surface area contributed by atoms with Gasteiger partial charge in [0.2, 0.25) is 5.91 Å². The molecule has 1 amide bonds. The molecule has 4 heteroatoms. The summed E-state index contributed by atoms with van der Waals surface area (Å²) in [4.78, 5) is 15.1. The van der Waals surface area contributed by atoms with Gasteiger partial charge in [-0.3, -0.25) is 4.79 Å². The van der Waals surface area contributed by atoms with Crippen molar-refractivity contribution in [2.24, 2.45) is 4.99 Å². The third-order valence-corrected chi connectivity index (χ3v) is 1.64. The Morgan fingerprint density at radius 3 is 2.73 bits per heavy atom. The zero-order valence-electron chi connectivity index (χ0n) is 6.92. The molecule has 62 valence electrons. The first-order valence-electron chi connectivity index (χ1n) is 3.58. The highest BCUT2D eigenvalue weighted by atomic mass is 16.5. The van der Waals surface area contributed by atoms with Crippen molar-refractivity contribution in [3.8, 4) is 0 Å². The maximum atomic E-state index is 11.1. The standard InChI is InChI=1S/C7H12N2O2/c1-4-6(7(10)8-3)9-5(2)11-4/h4,6H,1-3H3,(H,8,10). The lowest BCUT2D eigenvalue weighted by Crippen LogP contribution is -2.36. The molecule has 1 rings (SSSR count). The molecule has 0 aliphatic carbocycles. The predicted molar refractivity (Wildman–Crippen MR) is 41.5 cm³/mol. The van der Waals surface area contributed by atoms with E-state index in [-0.39, 0.29) is 18.1 Å². The van der Waals surface area contributed by atoms with Gasteiger partial charge < -0.3 is 10.1 Å². The van der Waals surface area contributed by atoms with Gasteiger partial charge >= 0.3 is 0 Å². The van der Waals surface area contributed by atoms with Crippen LogP contribution in [0.1, 0.15) is 13.8 Å². The molecule has 0 radical (unpaired) electrons. The number of hydrogen-bond donors (Lipinski definition) is 1. The summed E-state index contributed by atoms with van der Waals surface area (Å²) in [6.45, 7) is 3.58. The molecule has 0 spiro atoms. The number of ether oxygens (including phenoxy) is 1. The quantitative estimate of drug-likeness (QED) is 0.578. The molecule has 0 bridgehead atoms. The van der Waals surface area contributed by atoms with Crippen LogP contribution in [-0.4, -0.2) is 31.0 Å². The van der Waals surface area contributed by atoms with Crippen LogP contribution < -0.4 is 5.32 Å². The van der Waals surface area contributed by atoms with Crippen LogP contribution in [-0.2, 0) is 9.53 Å². The van der Waals surface area contributed by atoms with Gasteiger partial charge in [0.25, 0.3) is 0 Å². The minimum absolute atomic E-state index is 0.0886. The van der Waals surface area contributed by atoms with Gasteiger partial charge in [-0.25, -0.2) is 4.99 Å². The summed E-state index contributed by atoms with van der Waals surface area (Å²) in [5, 5.41) is 2.53. The Balaban J connectivity index is 2.65. The number of nitrogens with one attached hydrogen (secondary N) is 1. The molecule has 0 fully saturated rings. The Bertz CT molecular complexity index is 201. The highest BCUT2D eigenvalue weighted by molar-refractivity contribution is 5.88. The van der Waals surface area contributed by atoms with Gasteiger partial charge in [0, 0.05) is 14.0 Å². The van der Waals surface area contributed by atoms with Gasteiger partial charge in [-0.1, -0.05) is 0 Å². The summed E-state index contributed by atoms with van der Waals surface area (Å²) in [6, 6.07) is -0.361. The van der Waals surface area contributed by atoms with E-state index < -0.39 is 0 Å². The molecule has 1 heterocycles. The minimum Gasteiger partial charge on any atom is -0.475 e. The first kappa shape index (κ1) is 8.04. The first-order valence-corrected chi connectivity index (χ1v) is 3.58. The number of hydrogen-bond acceptors (Lipinski definition) is 3. The molecule has 2 unspecified atom stereocenters. The van der Waals surface area contributed by atoms with Crippen molar-refractivity contribution >= 4 is 11.8 Å². The van der Waals surface area contributed by atoms with Crippen LogP contribution in [0.15, 0.2) is 4.99 Å². The van der Waals surface area contributed by atoms with E-state index in [1.165, 1.54) is 0 Å². The second kappa shape index (κ2) is 2.90. The van der Waals surface area contributed by atoms with E-state index in [2.05, 4.69) is 10.3 Å². The molecule has 0 saturated carbocycles. The number of rotatable bonds is 1. The molecule has 4 nitrogen and oxygen atoms in total. The van der Waals surface area contributed by atoms with Crippen molar-refractivity contribution in [2.75, 3.05) is 7.05 Å². The van der Waals surface area contributed by atoms with E-state index in [9.17, 15) is 4.79 Å². The number of aliphatic imine (C=N–C) groups is 1. The van der Waals surface area contributed by atoms with Crippen molar-refractivity contribution in [3.63, 3.8) is 0 Å². The summed E-state index contributed by atoms with van der Waals surface area (Å²) in [7, 11) is 1.60. The van der Waals surface area contributed by atoms with Gasteiger partial charge in [-0.15, -0.1) is 0 Å². The summed E-state index contributed by atoms with van der Waals surface area (Å²) in [5.41, 5.74) is 0. The van der Waals surface area contributed by atoms with Crippen molar-refractivity contribution in [2.45, 2.75) is 26.0 Å². The fraction of sp³-hybridized carbons (Fsp3) is 0.714. The number of amides is 1. The molecule has 0 aromatic rings. The molecule has 1 aliphatic heterocycles. The number of carbonyl (C=O) groups is 1.